The Bertz CT molecular complexity index is 690. The fraction of sp³-hybridized carbons (Fsp3) is 0.300. The minimum atomic E-state index is -4.12. The van der Waals surface area contributed by atoms with Crippen LogP contribution in [0.4, 0.5) is 0 Å². The number of aromatic nitrogens is 1. The number of nitrogens with one attached hydrogen (secondary N) is 1. The first-order valence-electron chi connectivity index (χ1n) is 5.02. The summed E-state index contributed by atoms with van der Waals surface area (Å²) < 4.78 is 33.4. The van der Waals surface area contributed by atoms with Crippen LogP contribution in [0.25, 0.3) is 10.2 Å². The molecule has 1 aromatic heterocycles. The SMILES string of the molecule is O=S(=O)([O-])CCC[s+]1c(=S)[nH]c2ccccc21.[Na]. The summed E-state index contributed by atoms with van der Waals surface area (Å²) in [7, 11) is -4.38. The van der Waals surface area contributed by atoms with Gasteiger partial charge in [-0.1, -0.05) is 12.1 Å². The second-order valence-corrected chi connectivity index (χ2v) is 7.85. The third kappa shape index (κ3) is 4.12. The van der Waals surface area contributed by atoms with E-state index in [9.17, 15) is 13.0 Å². The predicted octanol–water partition coefficient (Wildman–Crippen LogP) is 2.20. The van der Waals surface area contributed by atoms with Crippen LogP contribution in [0.5, 0.6) is 0 Å². The van der Waals surface area contributed by atoms with Crippen molar-refractivity contribution in [3.8, 4) is 0 Å². The first kappa shape index (κ1) is 16.3. The summed E-state index contributed by atoms with van der Waals surface area (Å²) in [6.45, 7) is 0. The minimum Gasteiger partial charge on any atom is -0.748 e. The molecule has 1 unspecified atom stereocenters. The molecule has 93 valence electrons. The third-order valence-corrected chi connectivity index (χ3v) is 5.98. The molecule has 0 bridgehead atoms. The molecule has 0 aliphatic rings. The van der Waals surface area contributed by atoms with Crippen LogP contribution in [0.2, 0.25) is 0 Å². The zero-order chi connectivity index (χ0) is 12.5. The van der Waals surface area contributed by atoms with Gasteiger partial charge in [0.2, 0.25) is 0 Å². The van der Waals surface area contributed by atoms with Gasteiger partial charge >= 0.3 is 3.95 Å². The van der Waals surface area contributed by atoms with E-state index >= 15 is 0 Å². The Labute approximate surface area is 135 Å². The molecular formula is C10H11NNaO3S3. The van der Waals surface area contributed by atoms with Crippen LogP contribution in [0.3, 0.4) is 0 Å². The van der Waals surface area contributed by atoms with Gasteiger partial charge in [-0.05, 0) is 29.0 Å². The molecule has 2 aromatic rings. The Balaban J connectivity index is 0.00000162. The van der Waals surface area contributed by atoms with Crippen molar-refractivity contribution in [1.29, 1.82) is 0 Å². The van der Waals surface area contributed by atoms with Crippen LogP contribution in [0.1, 0.15) is 6.42 Å². The summed E-state index contributed by atoms with van der Waals surface area (Å²) in [5.41, 5.74) is 0.991. The molecular weight excluding hydrogens is 301 g/mol. The third-order valence-electron chi connectivity index (χ3n) is 2.36. The van der Waals surface area contributed by atoms with E-state index in [1.807, 2.05) is 24.3 Å². The number of H-pyrrole nitrogens is 1. The van der Waals surface area contributed by atoms with E-state index in [-0.39, 0.29) is 45.8 Å². The Morgan fingerprint density at radius 2 is 2.00 bits per heavy atom. The van der Waals surface area contributed by atoms with Gasteiger partial charge in [-0.3, -0.25) is 4.98 Å². The Morgan fingerprint density at radius 1 is 1.33 bits per heavy atom. The van der Waals surface area contributed by atoms with Crippen molar-refractivity contribution < 1.29 is 13.0 Å². The zero-order valence-corrected chi connectivity index (χ0v) is 14.3. The van der Waals surface area contributed by atoms with Gasteiger partial charge in [0.05, 0.1) is 21.4 Å². The maximum Gasteiger partial charge on any atom is 0.356 e. The van der Waals surface area contributed by atoms with Crippen molar-refractivity contribution in [3.05, 3.63) is 28.2 Å². The monoisotopic (exact) mass is 312 g/mol. The Kier molecular flexibility index (Phi) is 5.98. The standard InChI is InChI=1S/C10H11NO3S3.Na/c12-17(13,14)7-3-6-16-9-5-2-1-4-8(9)11-10(16)15;/h1-2,4-5H,3,6-7H2,(H-,11,12,13,14,15);. The van der Waals surface area contributed by atoms with Crippen LogP contribution >= 0.6 is 22.7 Å². The summed E-state index contributed by atoms with van der Waals surface area (Å²) in [5.74, 6) is 0.297. The summed E-state index contributed by atoms with van der Waals surface area (Å²) in [4.78, 5) is 3.11. The molecule has 0 aliphatic heterocycles. The number of hydrogen-bond donors (Lipinski definition) is 1. The number of benzene rings is 1. The minimum absolute atomic E-state index is 0. The van der Waals surface area contributed by atoms with E-state index in [4.69, 9.17) is 12.2 Å². The van der Waals surface area contributed by atoms with Gasteiger partial charge in [0.25, 0.3) is 12.2 Å². The van der Waals surface area contributed by atoms with E-state index in [0.29, 0.717) is 12.2 Å². The number of hydrogen-bond acceptors (Lipinski definition) is 4. The molecule has 0 amide bonds. The second-order valence-electron chi connectivity index (χ2n) is 3.62. The van der Waals surface area contributed by atoms with Gasteiger partial charge in [-0.2, -0.15) is 0 Å². The zero-order valence-electron chi connectivity index (χ0n) is 9.88. The number of aryl methyl sites for hydroxylation is 1. The first-order valence-corrected chi connectivity index (χ1v) is 8.40. The average molecular weight is 312 g/mol. The summed E-state index contributed by atoms with van der Waals surface area (Å²) in [6, 6.07) is 7.78. The van der Waals surface area contributed by atoms with Crippen LogP contribution in [0.15, 0.2) is 24.3 Å². The molecule has 0 aliphatic carbocycles. The van der Waals surface area contributed by atoms with Gasteiger partial charge in [-0.25, -0.2) is 8.42 Å². The van der Waals surface area contributed by atoms with Crippen molar-refractivity contribution in [2.75, 3.05) is 5.75 Å². The quantitative estimate of drug-likeness (QED) is 0.406. The van der Waals surface area contributed by atoms with Gasteiger partial charge in [0.15, 0.2) is 0 Å². The molecule has 1 radical (unpaired) electrons. The Hall–Kier alpha value is 0.240. The maximum atomic E-state index is 10.5. The Morgan fingerprint density at radius 3 is 2.67 bits per heavy atom. The molecule has 0 spiro atoms. The fourth-order valence-corrected chi connectivity index (χ4v) is 4.85. The van der Waals surface area contributed by atoms with Crippen LogP contribution in [-0.4, -0.2) is 53.3 Å². The van der Waals surface area contributed by atoms with Gasteiger partial charge < -0.3 is 4.55 Å². The van der Waals surface area contributed by atoms with E-state index in [1.165, 1.54) is 0 Å². The molecule has 0 saturated heterocycles. The second kappa shape index (κ2) is 6.60. The molecule has 0 saturated carbocycles. The van der Waals surface area contributed by atoms with Crippen molar-refractivity contribution >= 4 is 72.6 Å². The number of fused-ring (bicyclic) bond motifs is 1. The normalized spacial score (nSPS) is 12.4. The maximum absolute atomic E-state index is 10.5. The van der Waals surface area contributed by atoms with Gasteiger partial charge in [-0.15, -0.1) is 0 Å². The van der Waals surface area contributed by atoms with Crippen LogP contribution in [0, 0.1) is 3.95 Å². The number of rotatable bonds is 4. The summed E-state index contributed by atoms with van der Waals surface area (Å²) in [5, 5.41) is 0. The predicted molar refractivity (Wildman–Crippen MR) is 76.5 cm³/mol. The molecule has 4 nitrogen and oxygen atoms in total. The molecule has 0 fully saturated rings. The van der Waals surface area contributed by atoms with E-state index in [1.54, 1.807) is 0 Å². The number of aromatic amines is 1. The number of para-hydroxylation sites is 1. The average Bonchev–Trinajstić information content (AvgIpc) is 2.54. The van der Waals surface area contributed by atoms with Crippen molar-refractivity contribution in [3.63, 3.8) is 0 Å². The first-order chi connectivity index (χ1) is 7.97. The fourth-order valence-electron chi connectivity index (χ4n) is 1.64. The van der Waals surface area contributed by atoms with Crippen molar-refractivity contribution in [1.82, 2.24) is 4.98 Å². The molecule has 1 N–H and O–H groups in total. The molecule has 1 atom stereocenters. The van der Waals surface area contributed by atoms with Gasteiger partial charge in [0, 0.05) is 35.3 Å². The molecule has 8 heteroatoms. The topological polar surface area (TPSA) is 73.0 Å². The largest absolute Gasteiger partial charge is 0.748 e. The van der Waals surface area contributed by atoms with E-state index in [2.05, 4.69) is 4.98 Å². The summed E-state index contributed by atoms with van der Waals surface area (Å²) in [6.07, 6.45) is 0.352. The van der Waals surface area contributed by atoms with Crippen LogP contribution in [-0.2, 0) is 15.9 Å². The van der Waals surface area contributed by atoms with E-state index < -0.39 is 10.1 Å². The molecule has 2 rings (SSSR count). The molecule has 1 heterocycles. The van der Waals surface area contributed by atoms with Gasteiger partial charge in [0.1, 0.15) is 4.70 Å². The number of thiazole rings is 1. The van der Waals surface area contributed by atoms with Crippen LogP contribution < -0.4 is 0 Å². The van der Waals surface area contributed by atoms with Crippen molar-refractivity contribution in [2.24, 2.45) is 0 Å². The molecule has 18 heavy (non-hydrogen) atoms. The summed E-state index contributed by atoms with van der Waals surface area (Å²) >= 11 is 5.23. The van der Waals surface area contributed by atoms with E-state index in [0.717, 1.165) is 14.2 Å². The van der Waals surface area contributed by atoms with Crippen molar-refractivity contribution in [2.45, 2.75) is 12.2 Å². The smallest absolute Gasteiger partial charge is 0.356 e. The molecule has 1 aromatic carbocycles.